The van der Waals surface area contributed by atoms with Gasteiger partial charge in [0.2, 0.25) is 0 Å². The van der Waals surface area contributed by atoms with E-state index < -0.39 is 0 Å². The van der Waals surface area contributed by atoms with Crippen molar-refractivity contribution in [3.05, 3.63) is 29.3 Å². The van der Waals surface area contributed by atoms with E-state index in [9.17, 15) is 9.90 Å². The van der Waals surface area contributed by atoms with Crippen molar-refractivity contribution in [3.8, 4) is 5.75 Å². The summed E-state index contributed by atoms with van der Waals surface area (Å²) in [5.74, 6) is 0.396. The first-order valence-electron chi connectivity index (χ1n) is 7.10. The second-order valence-electron chi connectivity index (χ2n) is 5.01. The van der Waals surface area contributed by atoms with E-state index in [-0.39, 0.29) is 11.5 Å². The van der Waals surface area contributed by atoms with Gasteiger partial charge in [-0.15, -0.1) is 0 Å². The summed E-state index contributed by atoms with van der Waals surface area (Å²) in [4.78, 5) is 14.3. The minimum atomic E-state index is 0.169. The molecule has 0 heterocycles. The van der Waals surface area contributed by atoms with Gasteiger partial charge >= 0.3 is 0 Å². The molecular weight excluding hydrogens is 238 g/mol. The number of unbranched alkanes of at least 4 members (excludes halogenated alkanes) is 1. The number of carbonyl (C=O) groups is 1. The smallest absolute Gasteiger partial charge is 0.151 e. The molecular formula is C16H25NO2. The lowest BCUT2D eigenvalue weighted by atomic mass is 10.0. The lowest BCUT2D eigenvalue weighted by Gasteiger charge is -2.19. The highest BCUT2D eigenvalue weighted by Gasteiger charge is 2.13. The van der Waals surface area contributed by atoms with Crippen LogP contribution in [0.25, 0.3) is 0 Å². The fourth-order valence-electron chi connectivity index (χ4n) is 2.15. The van der Waals surface area contributed by atoms with E-state index >= 15 is 0 Å². The fourth-order valence-corrected chi connectivity index (χ4v) is 2.15. The molecule has 19 heavy (non-hydrogen) atoms. The number of Topliss-reactive ketones (excluding diaryl/α,β-unsaturated/α-hetero) is 1. The Bertz CT molecular complexity index is 395. The molecule has 1 aromatic rings. The van der Waals surface area contributed by atoms with Crippen molar-refractivity contribution >= 4 is 5.78 Å². The quantitative estimate of drug-likeness (QED) is 0.784. The summed E-state index contributed by atoms with van der Waals surface area (Å²) in [6, 6.07) is 5.37. The molecule has 0 amide bonds. The molecule has 1 rings (SSSR count). The van der Waals surface area contributed by atoms with Gasteiger partial charge in [0.15, 0.2) is 5.78 Å². The maximum absolute atomic E-state index is 12.1. The number of aryl methyl sites for hydroxylation is 1. The third-order valence-electron chi connectivity index (χ3n) is 3.43. The molecule has 0 unspecified atom stereocenters. The number of likely N-dealkylation sites (N-methyl/N-ethyl adjacent to an activating group) is 1. The van der Waals surface area contributed by atoms with Crippen molar-refractivity contribution in [3.63, 3.8) is 0 Å². The Hall–Kier alpha value is -1.35. The normalized spacial score (nSPS) is 10.9. The molecule has 0 aromatic heterocycles. The maximum Gasteiger partial charge on any atom is 0.151 e. The minimum Gasteiger partial charge on any atom is -0.508 e. The molecule has 0 aliphatic heterocycles. The van der Waals surface area contributed by atoms with E-state index in [0.29, 0.717) is 13.0 Å². The molecule has 0 aliphatic rings. The molecule has 1 aromatic carbocycles. The molecule has 3 heteroatoms. The molecule has 0 spiro atoms. The molecule has 0 aliphatic carbocycles. The van der Waals surface area contributed by atoms with Gasteiger partial charge in [-0.25, -0.2) is 0 Å². The number of phenols is 1. The van der Waals surface area contributed by atoms with E-state index in [1.165, 1.54) is 0 Å². The van der Waals surface area contributed by atoms with Crippen molar-refractivity contribution < 1.29 is 9.90 Å². The van der Waals surface area contributed by atoms with Crippen LogP contribution < -0.4 is 0 Å². The third kappa shape index (κ3) is 5.03. The van der Waals surface area contributed by atoms with Gasteiger partial charge in [0.1, 0.15) is 5.75 Å². The molecule has 0 fully saturated rings. The predicted molar refractivity (Wildman–Crippen MR) is 78.6 cm³/mol. The molecule has 0 saturated carbocycles. The summed E-state index contributed by atoms with van der Waals surface area (Å²) in [6.45, 7) is 8.50. The molecule has 3 nitrogen and oxygen atoms in total. The SMILES string of the molecule is CCCCN(CC)CC(=O)Cc1c(C)cccc1O. The predicted octanol–water partition coefficient (Wildman–Crippen LogP) is 2.93. The Morgan fingerprint density at radius 1 is 1.32 bits per heavy atom. The standard InChI is InChI=1S/C16H25NO2/c1-4-6-10-17(5-2)12-14(18)11-15-13(3)8-7-9-16(15)19/h7-9,19H,4-6,10-12H2,1-3H3. The first-order chi connectivity index (χ1) is 9.08. The largest absolute Gasteiger partial charge is 0.508 e. The van der Waals surface area contributed by atoms with E-state index in [2.05, 4.69) is 18.7 Å². The van der Waals surface area contributed by atoms with Crippen molar-refractivity contribution in [2.45, 2.75) is 40.0 Å². The zero-order chi connectivity index (χ0) is 14.3. The molecule has 106 valence electrons. The number of ketones is 1. The zero-order valence-electron chi connectivity index (χ0n) is 12.3. The maximum atomic E-state index is 12.1. The van der Waals surface area contributed by atoms with Gasteiger partial charge < -0.3 is 5.11 Å². The van der Waals surface area contributed by atoms with Crippen LogP contribution in [0.4, 0.5) is 0 Å². The van der Waals surface area contributed by atoms with Crippen LogP contribution in [0.1, 0.15) is 37.8 Å². The summed E-state index contributed by atoms with van der Waals surface area (Å²) >= 11 is 0. The average molecular weight is 263 g/mol. The number of hydrogen-bond acceptors (Lipinski definition) is 3. The molecule has 0 atom stereocenters. The van der Waals surface area contributed by atoms with Gasteiger partial charge in [-0.2, -0.15) is 0 Å². The van der Waals surface area contributed by atoms with Gasteiger partial charge in [0.05, 0.1) is 6.54 Å². The Morgan fingerprint density at radius 2 is 2.05 bits per heavy atom. The summed E-state index contributed by atoms with van der Waals surface area (Å²) < 4.78 is 0. The van der Waals surface area contributed by atoms with Crippen LogP contribution in [-0.2, 0) is 11.2 Å². The first kappa shape index (κ1) is 15.7. The lowest BCUT2D eigenvalue weighted by Crippen LogP contribution is -2.31. The molecule has 0 bridgehead atoms. The van der Waals surface area contributed by atoms with Gasteiger partial charge in [-0.3, -0.25) is 9.69 Å². The van der Waals surface area contributed by atoms with E-state index in [1.807, 2.05) is 13.0 Å². The average Bonchev–Trinajstić information content (AvgIpc) is 2.39. The van der Waals surface area contributed by atoms with Crippen molar-refractivity contribution in [2.24, 2.45) is 0 Å². The van der Waals surface area contributed by atoms with Crippen LogP contribution in [-0.4, -0.2) is 35.4 Å². The summed E-state index contributed by atoms with van der Waals surface area (Å²) in [5.41, 5.74) is 1.74. The number of phenolic OH excluding ortho intramolecular Hbond substituents is 1. The van der Waals surface area contributed by atoms with Crippen molar-refractivity contribution in [2.75, 3.05) is 19.6 Å². The Labute approximate surface area is 116 Å². The number of nitrogens with zero attached hydrogens (tertiary/aromatic N) is 1. The monoisotopic (exact) mass is 263 g/mol. The Morgan fingerprint density at radius 3 is 2.63 bits per heavy atom. The summed E-state index contributed by atoms with van der Waals surface area (Å²) in [6.07, 6.45) is 2.58. The number of aromatic hydroxyl groups is 1. The van der Waals surface area contributed by atoms with E-state index in [1.54, 1.807) is 12.1 Å². The number of benzene rings is 1. The number of rotatable bonds is 8. The van der Waals surface area contributed by atoms with Crippen LogP contribution >= 0.6 is 0 Å². The van der Waals surface area contributed by atoms with Crippen LogP contribution in [0, 0.1) is 6.92 Å². The van der Waals surface area contributed by atoms with Crippen LogP contribution in [0.3, 0.4) is 0 Å². The lowest BCUT2D eigenvalue weighted by molar-refractivity contribution is -0.119. The minimum absolute atomic E-state index is 0.169. The second-order valence-corrected chi connectivity index (χ2v) is 5.01. The first-order valence-corrected chi connectivity index (χ1v) is 7.10. The molecule has 0 saturated heterocycles. The highest BCUT2D eigenvalue weighted by atomic mass is 16.3. The van der Waals surface area contributed by atoms with Crippen LogP contribution in [0.15, 0.2) is 18.2 Å². The van der Waals surface area contributed by atoms with Gasteiger partial charge in [-0.1, -0.05) is 32.4 Å². The summed E-state index contributed by atoms with van der Waals surface area (Å²) in [7, 11) is 0. The van der Waals surface area contributed by atoms with E-state index in [4.69, 9.17) is 0 Å². The van der Waals surface area contributed by atoms with Gasteiger partial charge in [-0.05, 0) is 38.1 Å². The fraction of sp³-hybridized carbons (Fsp3) is 0.562. The Kier molecular flexibility index (Phi) is 6.57. The topological polar surface area (TPSA) is 40.5 Å². The molecule has 0 radical (unpaired) electrons. The zero-order valence-corrected chi connectivity index (χ0v) is 12.3. The highest BCUT2D eigenvalue weighted by Crippen LogP contribution is 2.21. The Balaban J connectivity index is 2.59. The second kappa shape index (κ2) is 7.95. The van der Waals surface area contributed by atoms with Crippen molar-refractivity contribution in [1.82, 2.24) is 4.90 Å². The van der Waals surface area contributed by atoms with Crippen LogP contribution in [0.5, 0.6) is 5.75 Å². The number of hydrogen-bond donors (Lipinski definition) is 1. The third-order valence-corrected chi connectivity index (χ3v) is 3.43. The highest BCUT2D eigenvalue weighted by molar-refractivity contribution is 5.83. The number of carbonyl (C=O) groups excluding carboxylic acids is 1. The van der Waals surface area contributed by atoms with Crippen LogP contribution in [0.2, 0.25) is 0 Å². The molecule has 1 N–H and O–H groups in total. The van der Waals surface area contributed by atoms with Crippen molar-refractivity contribution in [1.29, 1.82) is 0 Å². The van der Waals surface area contributed by atoms with Gasteiger partial charge in [0, 0.05) is 12.0 Å². The summed E-state index contributed by atoms with van der Waals surface area (Å²) in [5, 5.41) is 9.81. The van der Waals surface area contributed by atoms with Gasteiger partial charge in [0.25, 0.3) is 0 Å². The van der Waals surface area contributed by atoms with E-state index in [0.717, 1.165) is 37.1 Å².